The van der Waals surface area contributed by atoms with E-state index in [1.54, 1.807) is 6.20 Å². The minimum absolute atomic E-state index is 0.0923. The van der Waals surface area contributed by atoms with Crippen molar-refractivity contribution in [1.82, 2.24) is 15.6 Å². The summed E-state index contributed by atoms with van der Waals surface area (Å²) in [7, 11) is 0. The molecule has 0 saturated heterocycles. The van der Waals surface area contributed by atoms with Gasteiger partial charge in [0.1, 0.15) is 0 Å². The van der Waals surface area contributed by atoms with E-state index in [2.05, 4.69) is 47.7 Å². The molecule has 1 heterocycles. The standard InChI is InChI=1S/C20H25N3O/c1-13(2)16-8-7-15-9-10-19(17(15)12-16)23-20(24)22-14(3)18-6-4-5-11-21-18/h4-8,11-14,19H,9-10H2,1-3H3,(H2,22,23,24). The summed E-state index contributed by atoms with van der Waals surface area (Å²) in [6.45, 7) is 6.34. The van der Waals surface area contributed by atoms with Gasteiger partial charge >= 0.3 is 6.03 Å². The molecule has 0 radical (unpaired) electrons. The van der Waals surface area contributed by atoms with Crippen molar-refractivity contribution in [2.75, 3.05) is 0 Å². The number of aromatic nitrogens is 1. The highest BCUT2D eigenvalue weighted by Gasteiger charge is 2.25. The first-order valence-electron chi connectivity index (χ1n) is 8.65. The second-order valence-corrected chi connectivity index (χ2v) is 6.80. The van der Waals surface area contributed by atoms with E-state index >= 15 is 0 Å². The SMILES string of the molecule is CC(C)c1ccc2c(c1)C(NC(=O)NC(C)c1ccccn1)CC2. The van der Waals surface area contributed by atoms with Gasteiger partial charge in [-0.05, 0) is 54.5 Å². The van der Waals surface area contributed by atoms with Crippen LogP contribution in [0, 0.1) is 0 Å². The van der Waals surface area contributed by atoms with Gasteiger partial charge in [-0.25, -0.2) is 4.79 Å². The fraction of sp³-hybridized carbons (Fsp3) is 0.400. The van der Waals surface area contributed by atoms with Gasteiger partial charge in [-0.1, -0.05) is 38.1 Å². The molecule has 2 unspecified atom stereocenters. The average Bonchev–Trinajstić information content (AvgIpc) is 2.97. The lowest BCUT2D eigenvalue weighted by Gasteiger charge is -2.19. The summed E-state index contributed by atoms with van der Waals surface area (Å²) in [4.78, 5) is 16.6. The van der Waals surface area contributed by atoms with E-state index in [0.717, 1.165) is 18.5 Å². The molecule has 4 nitrogen and oxygen atoms in total. The highest BCUT2D eigenvalue weighted by atomic mass is 16.2. The number of rotatable bonds is 4. The molecular weight excluding hydrogens is 298 g/mol. The van der Waals surface area contributed by atoms with Crippen molar-refractivity contribution in [2.45, 2.75) is 51.6 Å². The van der Waals surface area contributed by atoms with Crippen molar-refractivity contribution in [3.63, 3.8) is 0 Å². The molecule has 2 N–H and O–H groups in total. The van der Waals surface area contributed by atoms with Crippen LogP contribution in [-0.4, -0.2) is 11.0 Å². The van der Waals surface area contributed by atoms with Gasteiger partial charge in [-0.15, -0.1) is 0 Å². The number of fused-ring (bicyclic) bond motifs is 1. The zero-order chi connectivity index (χ0) is 17.1. The van der Waals surface area contributed by atoms with Crippen LogP contribution < -0.4 is 10.6 Å². The first-order chi connectivity index (χ1) is 11.5. The number of nitrogens with zero attached hydrogens (tertiary/aromatic N) is 1. The zero-order valence-corrected chi connectivity index (χ0v) is 14.5. The second-order valence-electron chi connectivity index (χ2n) is 6.80. The van der Waals surface area contributed by atoms with Gasteiger partial charge in [-0.3, -0.25) is 4.98 Å². The average molecular weight is 323 g/mol. The maximum Gasteiger partial charge on any atom is 0.315 e. The van der Waals surface area contributed by atoms with Crippen molar-refractivity contribution in [1.29, 1.82) is 0 Å². The number of pyridine rings is 1. The van der Waals surface area contributed by atoms with Gasteiger partial charge in [0, 0.05) is 6.20 Å². The predicted octanol–water partition coefficient (Wildman–Crippen LogP) is 4.25. The number of carbonyl (C=O) groups excluding carboxylic acids is 1. The molecule has 2 aromatic rings. The highest BCUT2D eigenvalue weighted by molar-refractivity contribution is 5.75. The van der Waals surface area contributed by atoms with E-state index in [0.29, 0.717) is 5.92 Å². The summed E-state index contributed by atoms with van der Waals surface area (Å²) in [6, 6.07) is 12.2. The number of amides is 2. The molecule has 1 aliphatic rings. The fourth-order valence-corrected chi connectivity index (χ4v) is 3.23. The third-order valence-corrected chi connectivity index (χ3v) is 4.70. The lowest BCUT2D eigenvalue weighted by atomic mass is 9.97. The Hall–Kier alpha value is -2.36. The van der Waals surface area contributed by atoms with Crippen molar-refractivity contribution in [3.05, 3.63) is 65.0 Å². The lowest BCUT2D eigenvalue weighted by Crippen LogP contribution is -2.38. The van der Waals surface area contributed by atoms with Gasteiger partial charge in [0.2, 0.25) is 0 Å². The number of hydrogen-bond donors (Lipinski definition) is 2. The predicted molar refractivity (Wildman–Crippen MR) is 95.9 cm³/mol. The summed E-state index contributed by atoms with van der Waals surface area (Å²) in [5.74, 6) is 0.495. The van der Waals surface area contributed by atoms with E-state index in [9.17, 15) is 4.79 Å². The van der Waals surface area contributed by atoms with Crippen LogP contribution in [0.4, 0.5) is 4.79 Å². The minimum Gasteiger partial charge on any atom is -0.331 e. The Kier molecular flexibility index (Phi) is 4.84. The molecule has 1 aromatic heterocycles. The van der Waals surface area contributed by atoms with Crippen LogP contribution in [0.25, 0.3) is 0 Å². The molecule has 0 saturated carbocycles. The Labute approximate surface area is 143 Å². The van der Waals surface area contributed by atoms with Crippen LogP contribution >= 0.6 is 0 Å². The van der Waals surface area contributed by atoms with E-state index in [1.165, 1.54) is 16.7 Å². The van der Waals surface area contributed by atoms with E-state index in [1.807, 2.05) is 25.1 Å². The molecule has 1 aromatic carbocycles. The molecule has 0 aliphatic heterocycles. The number of aryl methyl sites for hydroxylation is 1. The van der Waals surface area contributed by atoms with Gasteiger partial charge in [0.25, 0.3) is 0 Å². The number of urea groups is 1. The zero-order valence-electron chi connectivity index (χ0n) is 14.5. The Morgan fingerprint density at radius 1 is 1.21 bits per heavy atom. The summed E-state index contributed by atoms with van der Waals surface area (Å²) < 4.78 is 0. The van der Waals surface area contributed by atoms with Crippen LogP contribution in [0.2, 0.25) is 0 Å². The normalized spacial score (nSPS) is 17.4. The highest BCUT2D eigenvalue weighted by Crippen LogP contribution is 2.33. The summed E-state index contributed by atoms with van der Waals surface area (Å²) >= 11 is 0. The quantitative estimate of drug-likeness (QED) is 0.883. The molecule has 4 heteroatoms. The van der Waals surface area contributed by atoms with Gasteiger partial charge in [0.15, 0.2) is 0 Å². The molecule has 24 heavy (non-hydrogen) atoms. The molecule has 2 atom stereocenters. The third-order valence-electron chi connectivity index (χ3n) is 4.70. The molecule has 126 valence electrons. The summed E-state index contributed by atoms with van der Waals surface area (Å²) in [5, 5.41) is 6.10. The van der Waals surface area contributed by atoms with Crippen molar-refractivity contribution in [2.24, 2.45) is 0 Å². The monoisotopic (exact) mass is 323 g/mol. The number of carbonyl (C=O) groups is 1. The molecule has 0 spiro atoms. The van der Waals surface area contributed by atoms with Crippen LogP contribution in [0.15, 0.2) is 42.6 Å². The first-order valence-corrected chi connectivity index (χ1v) is 8.65. The first kappa shape index (κ1) is 16.5. The number of nitrogens with one attached hydrogen (secondary N) is 2. The minimum atomic E-state index is -0.138. The van der Waals surface area contributed by atoms with Crippen molar-refractivity contribution >= 4 is 6.03 Å². The van der Waals surface area contributed by atoms with E-state index < -0.39 is 0 Å². The van der Waals surface area contributed by atoms with Crippen LogP contribution in [0.3, 0.4) is 0 Å². The number of benzene rings is 1. The molecular formula is C20H25N3O. The lowest BCUT2D eigenvalue weighted by molar-refractivity contribution is 0.234. The Balaban J connectivity index is 1.65. The third kappa shape index (κ3) is 3.58. The molecule has 3 rings (SSSR count). The van der Waals surface area contributed by atoms with Gasteiger partial charge in [0.05, 0.1) is 17.8 Å². The molecule has 0 fully saturated rings. The van der Waals surface area contributed by atoms with Gasteiger partial charge < -0.3 is 10.6 Å². The summed E-state index contributed by atoms with van der Waals surface area (Å²) in [5.41, 5.74) is 4.80. The number of hydrogen-bond acceptors (Lipinski definition) is 2. The Morgan fingerprint density at radius 3 is 2.75 bits per heavy atom. The van der Waals surface area contributed by atoms with Crippen molar-refractivity contribution in [3.8, 4) is 0 Å². The summed E-state index contributed by atoms with van der Waals surface area (Å²) in [6.07, 6.45) is 3.72. The topological polar surface area (TPSA) is 54.0 Å². The van der Waals surface area contributed by atoms with Crippen molar-refractivity contribution < 1.29 is 4.79 Å². The Morgan fingerprint density at radius 2 is 2.04 bits per heavy atom. The smallest absolute Gasteiger partial charge is 0.315 e. The largest absolute Gasteiger partial charge is 0.331 e. The van der Waals surface area contributed by atoms with E-state index in [4.69, 9.17) is 0 Å². The van der Waals surface area contributed by atoms with E-state index in [-0.39, 0.29) is 18.1 Å². The molecule has 0 bridgehead atoms. The Bertz CT molecular complexity index is 712. The maximum atomic E-state index is 12.4. The van der Waals surface area contributed by atoms with Crippen LogP contribution in [0.5, 0.6) is 0 Å². The molecule has 2 amide bonds. The molecule has 1 aliphatic carbocycles. The fourth-order valence-electron chi connectivity index (χ4n) is 3.23. The van der Waals surface area contributed by atoms with Crippen LogP contribution in [0.1, 0.15) is 67.6 Å². The second kappa shape index (κ2) is 7.04. The van der Waals surface area contributed by atoms with Crippen LogP contribution in [-0.2, 0) is 6.42 Å². The van der Waals surface area contributed by atoms with Gasteiger partial charge in [-0.2, -0.15) is 0 Å². The maximum absolute atomic E-state index is 12.4.